The molecule has 0 spiro atoms. The number of rotatable bonds is 2. The molecule has 0 aliphatic rings. The van der Waals surface area contributed by atoms with Gasteiger partial charge in [0.2, 0.25) is 0 Å². The minimum atomic E-state index is 0. The molecule has 0 saturated heterocycles. The third-order valence-electron chi connectivity index (χ3n) is 3.02. The summed E-state index contributed by atoms with van der Waals surface area (Å²) in [6, 6.07) is 16.6. The normalized spacial score (nSPS) is 12.1. The quantitative estimate of drug-likeness (QED) is 0.626. The highest BCUT2D eigenvalue weighted by atomic mass is 79.9. The van der Waals surface area contributed by atoms with Gasteiger partial charge in [-0.1, -0.05) is 57.5 Å². The van der Waals surface area contributed by atoms with E-state index in [2.05, 4.69) is 50.5 Å². The summed E-state index contributed by atoms with van der Waals surface area (Å²) in [7, 11) is 1.91. The maximum Gasteiger partial charge on any atom is 0.113 e. The van der Waals surface area contributed by atoms with Gasteiger partial charge in [-0.15, -0.1) is 22.1 Å². The standard InChI is InChI=1S/C14H12BrN3.BrH/c1-18-13-9-11(7-8-12(13)16-17-18)14(15)10-5-3-2-4-6-10;/h2-9,14H,1H3;1H. The second-order valence-electron chi connectivity index (χ2n) is 4.23. The van der Waals surface area contributed by atoms with Crippen LogP contribution in [0.25, 0.3) is 11.0 Å². The molecule has 1 unspecified atom stereocenters. The lowest BCUT2D eigenvalue weighted by Crippen LogP contribution is -1.94. The molecule has 3 aromatic rings. The number of fused-ring (bicyclic) bond motifs is 1. The Balaban J connectivity index is 0.00000133. The van der Waals surface area contributed by atoms with Gasteiger partial charge in [0.25, 0.3) is 0 Å². The van der Waals surface area contributed by atoms with Gasteiger partial charge in [0.1, 0.15) is 5.52 Å². The summed E-state index contributed by atoms with van der Waals surface area (Å²) in [6.45, 7) is 0. The third-order valence-corrected chi connectivity index (χ3v) is 4.08. The van der Waals surface area contributed by atoms with Crippen LogP contribution in [-0.2, 0) is 7.05 Å². The fraction of sp³-hybridized carbons (Fsp3) is 0.143. The Kier molecular flexibility index (Phi) is 4.37. The molecule has 0 bridgehead atoms. The van der Waals surface area contributed by atoms with Crippen molar-refractivity contribution in [2.45, 2.75) is 4.83 Å². The summed E-state index contributed by atoms with van der Waals surface area (Å²) < 4.78 is 1.80. The molecular formula is C14H13Br2N3. The van der Waals surface area contributed by atoms with E-state index in [4.69, 9.17) is 0 Å². The summed E-state index contributed by atoms with van der Waals surface area (Å²) in [5.74, 6) is 0. The van der Waals surface area contributed by atoms with Crippen molar-refractivity contribution in [2.75, 3.05) is 0 Å². The molecule has 0 saturated carbocycles. The SMILES string of the molecule is Br.Cn1nnc2ccc(C(Br)c3ccccc3)cc21. The predicted octanol–water partition coefficient (Wildman–Crippen LogP) is 4.03. The van der Waals surface area contributed by atoms with Crippen LogP contribution in [-0.4, -0.2) is 15.0 Å². The van der Waals surface area contributed by atoms with Crippen LogP contribution in [0.2, 0.25) is 0 Å². The predicted molar refractivity (Wildman–Crippen MR) is 86.0 cm³/mol. The lowest BCUT2D eigenvalue weighted by Gasteiger charge is -2.10. The fourth-order valence-corrected chi connectivity index (χ4v) is 2.61. The first-order valence-electron chi connectivity index (χ1n) is 5.74. The second-order valence-corrected chi connectivity index (χ2v) is 5.15. The molecule has 0 N–H and O–H groups in total. The van der Waals surface area contributed by atoms with E-state index in [1.54, 1.807) is 4.68 Å². The van der Waals surface area contributed by atoms with Crippen molar-refractivity contribution in [3.63, 3.8) is 0 Å². The van der Waals surface area contributed by atoms with Gasteiger partial charge in [-0.25, -0.2) is 4.68 Å². The van der Waals surface area contributed by atoms with E-state index >= 15 is 0 Å². The Morgan fingerprint density at radius 2 is 1.79 bits per heavy atom. The summed E-state index contributed by atoms with van der Waals surface area (Å²) >= 11 is 3.74. The number of hydrogen-bond acceptors (Lipinski definition) is 2. The second kappa shape index (κ2) is 5.84. The summed E-state index contributed by atoms with van der Waals surface area (Å²) in [4.78, 5) is 0.193. The van der Waals surface area contributed by atoms with Gasteiger partial charge in [-0.3, -0.25) is 0 Å². The third kappa shape index (κ3) is 2.72. The number of halogens is 2. The van der Waals surface area contributed by atoms with Crippen LogP contribution >= 0.6 is 32.9 Å². The number of aryl methyl sites for hydroxylation is 1. The molecular weight excluding hydrogens is 370 g/mol. The van der Waals surface area contributed by atoms with E-state index in [-0.39, 0.29) is 21.8 Å². The molecule has 3 nitrogen and oxygen atoms in total. The zero-order chi connectivity index (χ0) is 12.5. The van der Waals surface area contributed by atoms with Gasteiger partial charge >= 0.3 is 0 Å². The molecule has 98 valence electrons. The highest BCUT2D eigenvalue weighted by molar-refractivity contribution is 9.09. The molecule has 1 heterocycles. The smallest absolute Gasteiger partial charge is 0.113 e. The van der Waals surface area contributed by atoms with Crippen LogP contribution in [0.15, 0.2) is 48.5 Å². The monoisotopic (exact) mass is 381 g/mol. The lowest BCUT2D eigenvalue weighted by atomic mass is 10.0. The van der Waals surface area contributed by atoms with Crippen LogP contribution in [0.3, 0.4) is 0 Å². The first kappa shape index (κ1) is 14.2. The van der Waals surface area contributed by atoms with Crippen LogP contribution in [0.4, 0.5) is 0 Å². The topological polar surface area (TPSA) is 30.7 Å². The van der Waals surface area contributed by atoms with Crippen LogP contribution in [0.5, 0.6) is 0 Å². The molecule has 0 aliphatic carbocycles. The van der Waals surface area contributed by atoms with Crippen molar-refractivity contribution < 1.29 is 0 Å². The fourth-order valence-electron chi connectivity index (χ4n) is 2.02. The van der Waals surface area contributed by atoms with Gasteiger partial charge in [0.05, 0.1) is 10.3 Å². The summed E-state index contributed by atoms with van der Waals surface area (Å²) in [5, 5.41) is 8.11. The van der Waals surface area contributed by atoms with Gasteiger partial charge in [0, 0.05) is 7.05 Å². The Hall–Kier alpha value is -1.20. The Labute approximate surface area is 130 Å². The molecule has 1 atom stereocenters. The molecule has 19 heavy (non-hydrogen) atoms. The van der Waals surface area contributed by atoms with Crippen molar-refractivity contribution in [1.82, 2.24) is 15.0 Å². The van der Waals surface area contributed by atoms with Gasteiger partial charge in [-0.2, -0.15) is 0 Å². The van der Waals surface area contributed by atoms with Crippen LogP contribution in [0.1, 0.15) is 16.0 Å². The van der Waals surface area contributed by atoms with Crippen LogP contribution in [0, 0.1) is 0 Å². The summed E-state index contributed by atoms with van der Waals surface area (Å²) in [5.41, 5.74) is 4.42. The number of nitrogens with zero attached hydrogens (tertiary/aromatic N) is 3. The molecule has 0 radical (unpaired) electrons. The molecule has 0 aliphatic heterocycles. The minimum Gasteiger partial charge on any atom is -0.248 e. The molecule has 5 heteroatoms. The molecule has 3 rings (SSSR count). The van der Waals surface area contributed by atoms with Gasteiger partial charge in [-0.05, 0) is 23.3 Å². The highest BCUT2D eigenvalue weighted by Crippen LogP contribution is 2.31. The minimum absolute atomic E-state index is 0. The molecule has 1 aromatic heterocycles. The first-order valence-corrected chi connectivity index (χ1v) is 6.65. The van der Waals surface area contributed by atoms with Crippen molar-refractivity contribution in [3.05, 3.63) is 59.7 Å². The van der Waals surface area contributed by atoms with Crippen molar-refractivity contribution >= 4 is 43.9 Å². The van der Waals surface area contributed by atoms with Gasteiger partial charge in [0.15, 0.2) is 0 Å². The average molecular weight is 383 g/mol. The zero-order valence-electron chi connectivity index (χ0n) is 10.3. The Morgan fingerprint density at radius 3 is 2.53 bits per heavy atom. The number of alkyl halides is 1. The van der Waals surface area contributed by atoms with Gasteiger partial charge < -0.3 is 0 Å². The molecule has 0 fully saturated rings. The average Bonchev–Trinajstić information content (AvgIpc) is 2.80. The molecule has 2 aromatic carbocycles. The van der Waals surface area contributed by atoms with E-state index in [9.17, 15) is 0 Å². The van der Waals surface area contributed by atoms with E-state index in [1.807, 2.05) is 31.3 Å². The van der Waals surface area contributed by atoms with Crippen LogP contribution < -0.4 is 0 Å². The largest absolute Gasteiger partial charge is 0.248 e. The number of aromatic nitrogens is 3. The van der Waals surface area contributed by atoms with Crippen molar-refractivity contribution in [3.8, 4) is 0 Å². The zero-order valence-corrected chi connectivity index (χ0v) is 13.6. The van der Waals surface area contributed by atoms with E-state index in [1.165, 1.54) is 11.1 Å². The maximum atomic E-state index is 4.09. The first-order chi connectivity index (χ1) is 8.75. The number of benzene rings is 2. The van der Waals surface area contributed by atoms with E-state index in [0.717, 1.165) is 11.0 Å². The van der Waals surface area contributed by atoms with Crippen molar-refractivity contribution in [1.29, 1.82) is 0 Å². The van der Waals surface area contributed by atoms with E-state index < -0.39 is 0 Å². The maximum absolute atomic E-state index is 4.09. The summed E-state index contributed by atoms with van der Waals surface area (Å²) in [6.07, 6.45) is 0. The number of hydrogen-bond donors (Lipinski definition) is 0. The molecule has 0 amide bonds. The van der Waals surface area contributed by atoms with Crippen molar-refractivity contribution in [2.24, 2.45) is 7.05 Å². The Bertz CT molecular complexity index is 679. The highest BCUT2D eigenvalue weighted by Gasteiger charge is 2.11. The Morgan fingerprint density at radius 1 is 1.05 bits per heavy atom. The van der Waals surface area contributed by atoms with E-state index in [0.29, 0.717) is 0 Å². The lowest BCUT2D eigenvalue weighted by molar-refractivity contribution is 0.736.